The second-order valence-electron chi connectivity index (χ2n) is 4.99. The Bertz CT molecular complexity index is 320. The first-order chi connectivity index (χ1) is 8.64. The molecule has 6 nitrogen and oxygen atoms in total. The lowest BCUT2D eigenvalue weighted by molar-refractivity contribution is -0.152. The molecule has 6 heteroatoms. The van der Waals surface area contributed by atoms with Gasteiger partial charge in [0.2, 0.25) is 5.91 Å². The third kappa shape index (κ3) is 2.81. The van der Waals surface area contributed by atoms with E-state index in [1.165, 1.54) is 0 Å². The van der Waals surface area contributed by atoms with E-state index in [1.807, 2.05) is 0 Å². The van der Waals surface area contributed by atoms with Gasteiger partial charge in [-0.1, -0.05) is 6.42 Å². The van der Waals surface area contributed by atoms with Crippen LogP contribution >= 0.6 is 0 Å². The lowest BCUT2D eigenvalue weighted by Gasteiger charge is -2.35. The van der Waals surface area contributed by atoms with E-state index in [1.54, 1.807) is 0 Å². The molecule has 2 aliphatic rings. The molecule has 18 heavy (non-hydrogen) atoms. The molecule has 2 aliphatic heterocycles. The number of carbonyl (C=O) groups is 2. The van der Waals surface area contributed by atoms with Crippen LogP contribution in [0, 0.1) is 0 Å². The van der Waals surface area contributed by atoms with Gasteiger partial charge in [-0.3, -0.25) is 4.79 Å². The predicted molar refractivity (Wildman–Crippen MR) is 64.2 cm³/mol. The second kappa shape index (κ2) is 5.67. The molecule has 3 N–H and O–H groups in total. The van der Waals surface area contributed by atoms with Crippen molar-refractivity contribution in [2.45, 2.75) is 43.7 Å². The molecule has 0 unspecified atom stereocenters. The molecule has 0 bridgehead atoms. The van der Waals surface area contributed by atoms with E-state index >= 15 is 0 Å². The molecule has 0 aromatic rings. The molecule has 102 valence electrons. The van der Waals surface area contributed by atoms with Crippen LogP contribution in [0.2, 0.25) is 0 Å². The highest BCUT2D eigenvalue weighted by molar-refractivity contribution is 5.89. The highest BCUT2D eigenvalue weighted by Crippen LogP contribution is 2.21. The maximum atomic E-state index is 12.1. The molecule has 1 atom stereocenters. The van der Waals surface area contributed by atoms with E-state index in [-0.39, 0.29) is 11.9 Å². The van der Waals surface area contributed by atoms with Crippen LogP contribution in [0.5, 0.6) is 0 Å². The first kappa shape index (κ1) is 13.3. The van der Waals surface area contributed by atoms with E-state index in [0.717, 1.165) is 25.8 Å². The fourth-order valence-electron chi connectivity index (χ4n) is 2.51. The summed E-state index contributed by atoms with van der Waals surface area (Å²) in [5.74, 6) is -1.16. The lowest BCUT2D eigenvalue weighted by Crippen LogP contribution is -2.61. The van der Waals surface area contributed by atoms with Crippen LogP contribution < -0.4 is 10.6 Å². The Morgan fingerprint density at radius 3 is 2.56 bits per heavy atom. The summed E-state index contributed by atoms with van der Waals surface area (Å²) in [7, 11) is 0. The minimum absolute atomic E-state index is 0.195. The van der Waals surface area contributed by atoms with Gasteiger partial charge in [0.1, 0.15) is 5.54 Å². The summed E-state index contributed by atoms with van der Waals surface area (Å²) in [6.07, 6.45) is 3.52. The van der Waals surface area contributed by atoms with Crippen LogP contribution in [0.1, 0.15) is 32.1 Å². The van der Waals surface area contributed by atoms with Gasteiger partial charge < -0.3 is 20.5 Å². The minimum atomic E-state index is -1.14. The summed E-state index contributed by atoms with van der Waals surface area (Å²) in [4.78, 5) is 23.5. The number of carbonyl (C=O) groups excluding carboxylic acids is 1. The zero-order chi connectivity index (χ0) is 13.0. The molecule has 1 amide bonds. The molecule has 0 saturated carbocycles. The molecule has 0 radical (unpaired) electrons. The number of hydrogen-bond donors (Lipinski definition) is 3. The summed E-state index contributed by atoms with van der Waals surface area (Å²) in [6.45, 7) is 1.58. The van der Waals surface area contributed by atoms with Crippen molar-refractivity contribution in [1.29, 1.82) is 0 Å². The summed E-state index contributed by atoms with van der Waals surface area (Å²) in [6, 6.07) is -0.252. The maximum absolute atomic E-state index is 12.1. The summed E-state index contributed by atoms with van der Waals surface area (Å²) >= 11 is 0. The van der Waals surface area contributed by atoms with Gasteiger partial charge in [-0.2, -0.15) is 0 Å². The van der Waals surface area contributed by atoms with Gasteiger partial charge in [-0.25, -0.2) is 4.79 Å². The van der Waals surface area contributed by atoms with Crippen molar-refractivity contribution in [2.24, 2.45) is 0 Å². The monoisotopic (exact) mass is 256 g/mol. The zero-order valence-corrected chi connectivity index (χ0v) is 10.4. The van der Waals surface area contributed by atoms with E-state index in [2.05, 4.69) is 10.6 Å². The Morgan fingerprint density at radius 2 is 2.00 bits per heavy atom. The first-order valence-electron chi connectivity index (χ1n) is 6.51. The summed E-state index contributed by atoms with van der Waals surface area (Å²) in [5.41, 5.74) is -1.14. The van der Waals surface area contributed by atoms with Crippen molar-refractivity contribution in [3.05, 3.63) is 0 Å². The summed E-state index contributed by atoms with van der Waals surface area (Å²) in [5, 5.41) is 15.2. The first-order valence-corrected chi connectivity index (χ1v) is 6.51. The van der Waals surface area contributed by atoms with Crippen LogP contribution in [0.4, 0.5) is 0 Å². The molecule has 2 rings (SSSR count). The quantitative estimate of drug-likeness (QED) is 0.655. The Morgan fingerprint density at radius 1 is 1.28 bits per heavy atom. The van der Waals surface area contributed by atoms with Crippen LogP contribution in [-0.4, -0.2) is 48.3 Å². The number of piperidine rings is 1. The smallest absolute Gasteiger partial charge is 0.329 e. The number of carboxylic acid groups (broad SMARTS) is 1. The van der Waals surface area contributed by atoms with Gasteiger partial charge >= 0.3 is 5.97 Å². The van der Waals surface area contributed by atoms with Crippen molar-refractivity contribution < 1.29 is 19.4 Å². The number of aliphatic carboxylic acids is 1. The topological polar surface area (TPSA) is 87.7 Å². The zero-order valence-electron chi connectivity index (χ0n) is 10.4. The number of amides is 1. The number of ether oxygens (including phenoxy) is 1. The van der Waals surface area contributed by atoms with E-state index in [9.17, 15) is 14.7 Å². The molecular weight excluding hydrogens is 236 g/mol. The third-order valence-corrected chi connectivity index (χ3v) is 3.75. The lowest BCUT2D eigenvalue weighted by atomic mass is 9.89. The van der Waals surface area contributed by atoms with Crippen molar-refractivity contribution >= 4 is 11.9 Å². The van der Waals surface area contributed by atoms with E-state index < -0.39 is 11.5 Å². The number of rotatable bonds is 3. The van der Waals surface area contributed by atoms with Gasteiger partial charge in [-0.05, 0) is 19.4 Å². The van der Waals surface area contributed by atoms with Gasteiger partial charge in [0.05, 0.1) is 6.04 Å². The van der Waals surface area contributed by atoms with Crippen LogP contribution in [0.15, 0.2) is 0 Å². The standard InChI is InChI=1S/C12H20N2O4/c15-10(9-3-1-2-6-13-9)14-12(11(16)17)4-7-18-8-5-12/h9,13H,1-8H2,(H,14,15)(H,16,17)/t9-/m0/s1. The van der Waals surface area contributed by atoms with Gasteiger partial charge in [0.15, 0.2) is 0 Å². The molecule has 0 spiro atoms. The van der Waals surface area contributed by atoms with Crippen molar-refractivity contribution in [1.82, 2.24) is 10.6 Å². The van der Waals surface area contributed by atoms with Gasteiger partial charge in [0.25, 0.3) is 0 Å². The van der Waals surface area contributed by atoms with Crippen molar-refractivity contribution in [3.63, 3.8) is 0 Å². The molecule has 2 saturated heterocycles. The fourth-order valence-corrected chi connectivity index (χ4v) is 2.51. The summed E-state index contributed by atoms with van der Waals surface area (Å²) < 4.78 is 5.17. The molecule has 0 aromatic heterocycles. The Balaban J connectivity index is 1.99. The van der Waals surface area contributed by atoms with E-state index in [0.29, 0.717) is 26.1 Å². The number of hydrogen-bond acceptors (Lipinski definition) is 4. The maximum Gasteiger partial charge on any atom is 0.329 e. The van der Waals surface area contributed by atoms with Crippen LogP contribution in [0.3, 0.4) is 0 Å². The van der Waals surface area contributed by atoms with Crippen LogP contribution in [-0.2, 0) is 14.3 Å². The molecule has 2 fully saturated rings. The highest BCUT2D eigenvalue weighted by Gasteiger charge is 2.42. The number of nitrogens with one attached hydrogen (secondary N) is 2. The third-order valence-electron chi connectivity index (χ3n) is 3.75. The average Bonchev–Trinajstić information content (AvgIpc) is 2.40. The average molecular weight is 256 g/mol. The van der Waals surface area contributed by atoms with Crippen molar-refractivity contribution in [3.8, 4) is 0 Å². The Kier molecular flexibility index (Phi) is 4.19. The number of carboxylic acids is 1. The van der Waals surface area contributed by atoms with E-state index in [4.69, 9.17) is 4.74 Å². The molecule has 2 heterocycles. The van der Waals surface area contributed by atoms with Crippen molar-refractivity contribution in [2.75, 3.05) is 19.8 Å². The Hall–Kier alpha value is -1.14. The Labute approximate surface area is 106 Å². The predicted octanol–water partition coefficient (Wildman–Crippen LogP) is -0.122. The molecular formula is C12H20N2O4. The minimum Gasteiger partial charge on any atom is -0.480 e. The fraction of sp³-hybridized carbons (Fsp3) is 0.833. The normalized spacial score (nSPS) is 27.4. The largest absolute Gasteiger partial charge is 0.480 e. The van der Waals surface area contributed by atoms with Crippen LogP contribution in [0.25, 0.3) is 0 Å². The molecule has 0 aliphatic carbocycles. The highest BCUT2D eigenvalue weighted by atomic mass is 16.5. The SMILES string of the molecule is O=C(NC1(C(=O)O)CCOCC1)[C@@H]1CCCCN1. The van der Waals surface area contributed by atoms with Gasteiger partial charge in [-0.15, -0.1) is 0 Å². The second-order valence-corrected chi connectivity index (χ2v) is 4.99. The van der Waals surface area contributed by atoms with Gasteiger partial charge in [0, 0.05) is 26.1 Å². The molecule has 0 aromatic carbocycles.